The second kappa shape index (κ2) is 10.7. The van der Waals surface area contributed by atoms with E-state index in [9.17, 15) is 9.18 Å². The number of benzene rings is 1. The van der Waals surface area contributed by atoms with Crippen LogP contribution in [0.2, 0.25) is 0 Å². The van der Waals surface area contributed by atoms with E-state index in [0.717, 1.165) is 37.8 Å². The van der Waals surface area contributed by atoms with E-state index in [0.29, 0.717) is 19.0 Å². The summed E-state index contributed by atoms with van der Waals surface area (Å²) in [7, 11) is 3.62. The Balaban J connectivity index is 0.00000338. The summed E-state index contributed by atoms with van der Waals surface area (Å²) in [5.41, 5.74) is 0.468. The van der Waals surface area contributed by atoms with Crippen molar-refractivity contribution in [3.8, 4) is 0 Å². The van der Waals surface area contributed by atoms with Gasteiger partial charge in [0.15, 0.2) is 5.96 Å². The third-order valence-corrected chi connectivity index (χ3v) is 4.67. The summed E-state index contributed by atoms with van der Waals surface area (Å²) in [6.07, 6.45) is 3.97. The van der Waals surface area contributed by atoms with Gasteiger partial charge < -0.3 is 15.5 Å². The Kier molecular flexibility index (Phi) is 9.32. The van der Waals surface area contributed by atoms with Crippen molar-refractivity contribution in [1.29, 1.82) is 0 Å². The summed E-state index contributed by atoms with van der Waals surface area (Å²) in [6.45, 7) is 3.68. The van der Waals surface area contributed by atoms with Crippen molar-refractivity contribution in [2.24, 2.45) is 10.4 Å². The van der Waals surface area contributed by atoms with Crippen molar-refractivity contribution in [2.45, 2.75) is 39.2 Å². The highest BCUT2D eigenvalue weighted by molar-refractivity contribution is 14.0. The maximum atomic E-state index is 13.3. The van der Waals surface area contributed by atoms with Crippen LogP contribution in [0.4, 0.5) is 4.39 Å². The minimum atomic E-state index is -0.349. The van der Waals surface area contributed by atoms with Gasteiger partial charge in [-0.15, -0.1) is 24.0 Å². The molecular weight excluding hydrogens is 446 g/mol. The first kappa shape index (κ1) is 22.7. The zero-order valence-electron chi connectivity index (χ0n) is 15.8. The van der Waals surface area contributed by atoms with Crippen molar-refractivity contribution in [2.75, 3.05) is 27.2 Å². The number of hydrogen-bond acceptors (Lipinski definition) is 2. The third-order valence-electron chi connectivity index (χ3n) is 4.67. The van der Waals surface area contributed by atoms with Crippen molar-refractivity contribution >= 4 is 35.8 Å². The van der Waals surface area contributed by atoms with E-state index in [1.165, 1.54) is 12.1 Å². The highest BCUT2D eigenvalue weighted by Crippen LogP contribution is 2.38. The van der Waals surface area contributed by atoms with Crippen LogP contribution in [0, 0.1) is 11.2 Å². The smallest absolute Gasteiger partial charge is 0.230 e. The van der Waals surface area contributed by atoms with Crippen LogP contribution in [-0.4, -0.2) is 44.0 Å². The average molecular weight is 476 g/mol. The molecule has 1 aromatic carbocycles. The summed E-state index contributed by atoms with van der Waals surface area (Å²) in [4.78, 5) is 18.8. The van der Waals surface area contributed by atoms with Gasteiger partial charge in [0.05, 0.1) is 12.0 Å². The normalized spacial score (nSPS) is 15.9. The molecule has 1 aromatic rings. The van der Waals surface area contributed by atoms with Crippen LogP contribution in [0.3, 0.4) is 0 Å². The van der Waals surface area contributed by atoms with Crippen LogP contribution < -0.4 is 10.6 Å². The summed E-state index contributed by atoms with van der Waals surface area (Å²) in [5, 5.41) is 6.52. The number of aliphatic imine (C=N–C) groups is 1. The lowest BCUT2D eigenvalue weighted by atomic mass is 9.84. The van der Waals surface area contributed by atoms with Crippen molar-refractivity contribution in [3.05, 3.63) is 35.6 Å². The molecule has 5 nitrogen and oxygen atoms in total. The number of guanidine groups is 1. The first-order chi connectivity index (χ1) is 12.0. The summed E-state index contributed by atoms with van der Waals surface area (Å²) in [5.74, 6) is 0.579. The molecule has 0 spiro atoms. The van der Waals surface area contributed by atoms with E-state index in [-0.39, 0.29) is 41.1 Å². The van der Waals surface area contributed by atoms with Gasteiger partial charge in [-0.2, -0.15) is 0 Å². The molecule has 2 N–H and O–H groups in total. The first-order valence-corrected chi connectivity index (χ1v) is 8.95. The first-order valence-electron chi connectivity index (χ1n) is 8.95. The Hall–Kier alpha value is -1.38. The molecule has 7 heteroatoms. The molecule has 1 amide bonds. The molecule has 0 radical (unpaired) electrons. The summed E-state index contributed by atoms with van der Waals surface area (Å²) >= 11 is 0. The number of hydrogen-bond donors (Lipinski definition) is 2. The Labute approximate surface area is 172 Å². The number of nitrogens with one attached hydrogen (secondary N) is 2. The number of halogens is 2. The second-order valence-electron chi connectivity index (χ2n) is 6.87. The van der Waals surface area contributed by atoms with Crippen LogP contribution in [-0.2, 0) is 11.3 Å². The van der Waals surface area contributed by atoms with Gasteiger partial charge in [0.25, 0.3) is 0 Å². The van der Waals surface area contributed by atoms with Gasteiger partial charge in [0, 0.05) is 27.2 Å². The summed E-state index contributed by atoms with van der Waals surface area (Å²) in [6, 6.07) is 6.45. The van der Waals surface area contributed by atoms with Crippen LogP contribution in [0.25, 0.3) is 0 Å². The predicted octanol–water partition coefficient (Wildman–Crippen LogP) is 3.15. The molecule has 0 atom stereocenters. The minimum absolute atomic E-state index is 0. The van der Waals surface area contributed by atoms with Gasteiger partial charge in [0.2, 0.25) is 5.91 Å². The molecule has 0 aliphatic heterocycles. The van der Waals surface area contributed by atoms with E-state index in [2.05, 4.69) is 15.6 Å². The standard InChI is InChI=1S/C19H29FN4O.HI/c1-4-21-18(22-13-15-8-7-9-16(20)12-15)23-14-19(10-5-6-11-19)17(25)24(2)3;/h7-9,12H,4-6,10-11,13-14H2,1-3H3,(H2,21,22,23);1H. The predicted molar refractivity (Wildman–Crippen MR) is 114 cm³/mol. The minimum Gasteiger partial charge on any atom is -0.357 e. The van der Waals surface area contributed by atoms with Crippen LogP contribution in [0.5, 0.6) is 0 Å². The Morgan fingerprint density at radius 2 is 1.96 bits per heavy atom. The molecule has 146 valence electrons. The summed E-state index contributed by atoms with van der Waals surface area (Å²) < 4.78 is 13.3. The van der Waals surface area contributed by atoms with Crippen molar-refractivity contribution in [3.63, 3.8) is 0 Å². The van der Waals surface area contributed by atoms with Crippen LogP contribution >= 0.6 is 24.0 Å². The molecule has 0 unspecified atom stereocenters. The molecule has 1 aliphatic rings. The lowest BCUT2D eigenvalue weighted by Crippen LogP contribution is -2.49. The van der Waals surface area contributed by atoms with Crippen LogP contribution in [0.1, 0.15) is 38.2 Å². The van der Waals surface area contributed by atoms with Gasteiger partial charge in [0.1, 0.15) is 5.82 Å². The average Bonchev–Trinajstić information content (AvgIpc) is 3.06. The SMILES string of the molecule is CCNC(=NCc1cccc(F)c1)NCC1(C(=O)N(C)C)CCCC1.I. The number of carbonyl (C=O) groups excluding carboxylic acids is 1. The topological polar surface area (TPSA) is 56.7 Å². The zero-order chi connectivity index (χ0) is 18.3. The maximum absolute atomic E-state index is 13.3. The fraction of sp³-hybridized carbons (Fsp3) is 0.579. The van der Waals surface area contributed by atoms with Gasteiger partial charge in [-0.05, 0) is 37.5 Å². The molecule has 1 fully saturated rings. The zero-order valence-corrected chi connectivity index (χ0v) is 18.2. The molecule has 0 aromatic heterocycles. The monoisotopic (exact) mass is 476 g/mol. The quantitative estimate of drug-likeness (QED) is 0.377. The molecule has 1 aliphatic carbocycles. The highest BCUT2D eigenvalue weighted by Gasteiger charge is 2.42. The molecule has 26 heavy (non-hydrogen) atoms. The highest BCUT2D eigenvalue weighted by atomic mass is 127. The fourth-order valence-electron chi connectivity index (χ4n) is 3.39. The van der Waals surface area contributed by atoms with E-state index in [4.69, 9.17) is 0 Å². The Morgan fingerprint density at radius 1 is 1.27 bits per heavy atom. The number of amides is 1. The van der Waals surface area contributed by atoms with Crippen molar-refractivity contribution < 1.29 is 9.18 Å². The van der Waals surface area contributed by atoms with E-state index >= 15 is 0 Å². The Bertz CT molecular complexity index is 615. The van der Waals surface area contributed by atoms with Gasteiger partial charge >= 0.3 is 0 Å². The Morgan fingerprint density at radius 3 is 2.54 bits per heavy atom. The number of carbonyl (C=O) groups is 1. The van der Waals surface area contributed by atoms with Crippen LogP contribution in [0.15, 0.2) is 29.3 Å². The maximum Gasteiger partial charge on any atom is 0.230 e. The van der Waals surface area contributed by atoms with E-state index in [1.807, 2.05) is 27.1 Å². The van der Waals surface area contributed by atoms with Gasteiger partial charge in [-0.1, -0.05) is 25.0 Å². The molecule has 0 saturated heterocycles. The second-order valence-corrected chi connectivity index (χ2v) is 6.87. The number of rotatable bonds is 6. The molecule has 1 saturated carbocycles. The fourth-order valence-corrected chi connectivity index (χ4v) is 3.39. The number of nitrogens with zero attached hydrogens (tertiary/aromatic N) is 2. The van der Waals surface area contributed by atoms with Gasteiger partial charge in [-0.25, -0.2) is 9.38 Å². The third kappa shape index (κ3) is 6.10. The lowest BCUT2D eigenvalue weighted by molar-refractivity contribution is -0.138. The van der Waals surface area contributed by atoms with E-state index in [1.54, 1.807) is 11.0 Å². The largest absolute Gasteiger partial charge is 0.357 e. The molecular formula is C19H30FIN4O. The molecule has 0 bridgehead atoms. The lowest BCUT2D eigenvalue weighted by Gasteiger charge is -2.31. The van der Waals surface area contributed by atoms with Crippen molar-refractivity contribution in [1.82, 2.24) is 15.5 Å². The molecule has 0 heterocycles. The molecule has 2 rings (SSSR count). The van der Waals surface area contributed by atoms with E-state index < -0.39 is 0 Å². The van der Waals surface area contributed by atoms with Gasteiger partial charge in [-0.3, -0.25) is 4.79 Å².